The molecule has 2 rings (SSSR count). The average molecular weight is 267 g/mol. The van der Waals surface area contributed by atoms with Crippen molar-refractivity contribution in [1.82, 2.24) is 5.32 Å². The van der Waals surface area contributed by atoms with E-state index in [1.807, 2.05) is 5.32 Å². The number of halogens is 1. The maximum absolute atomic E-state index is 13.6. The van der Waals surface area contributed by atoms with E-state index in [0.717, 1.165) is 6.07 Å². The van der Waals surface area contributed by atoms with Gasteiger partial charge in [-0.1, -0.05) is 12.1 Å². The molecule has 1 aliphatic carbocycles. The number of aliphatic hydroxyl groups is 1. The molecule has 3 N–H and O–H groups in total. The highest BCUT2D eigenvalue weighted by molar-refractivity contribution is 6.11. The molecule has 19 heavy (non-hydrogen) atoms. The molecule has 0 spiro atoms. The van der Waals surface area contributed by atoms with E-state index in [-0.39, 0.29) is 17.5 Å². The third-order valence-corrected chi connectivity index (χ3v) is 3.19. The summed E-state index contributed by atoms with van der Waals surface area (Å²) in [5, 5.41) is 21.0. The number of amides is 1. The van der Waals surface area contributed by atoms with Gasteiger partial charge in [-0.25, -0.2) is 4.39 Å². The third kappa shape index (κ3) is 1.78. The molecule has 2 atom stereocenters. The first-order valence-electron chi connectivity index (χ1n) is 5.38. The Morgan fingerprint density at radius 2 is 2.21 bits per heavy atom. The van der Waals surface area contributed by atoms with Crippen LogP contribution in [0.15, 0.2) is 18.2 Å². The monoisotopic (exact) mass is 267 g/mol. The van der Waals surface area contributed by atoms with Gasteiger partial charge < -0.3 is 15.5 Å². The maximum atomic E-state index is 13.6. The van der Waals surface area contributed by atoms with Crippen molar-refractivity contribution >= 4 is 18.2 Å². The van der Waals surface area contributed by atoms with Crippen LogP contribution >= 0.6 is 0 Å². The molecule has 0 saturated heterocycles. The summed E-state index contributed by atoms with van der Waals surface area (Å²) >= 11 is 0. The van der Waals surface area contributed by atoms with Gasteiger partial charge in [0.15, 0.2) is 5.78 Å². The molecule has 1 aromatic carbocycles. The van der Waals surface area contributed by atoms with Gasteiger partial charge in [-0.3, -0.25) is 14.4 Å². The Bertz CT molecular complexity index is 573. The van der Waals surface area contributed by atoms with Crippen LogP contribution in [0, 0.1) is 5.82 Å². The number of Topliss-reactive ketones (excluding diaryl/α,β-unsaturated/α-hetero) is 1. The molecule has 6 nitrogen and oxygen atoms in total. The van der Waals surface area contributed by atoms with Crippen molar-refractivity contribution in [2.75, 3.05) is 0 Å². The smallest absolute Gasteiger partial charge is 0.306 e. The molecule has 0 fully saturated rings. The molecule has 1 amide bonds. The number of carbonyl (C=O) groups is 3. The SMILES string of the molecule is O=CNC1(CC(=O)O)C(=O)c2c(F)cccc2C1O. The number of hydrogen-bond donors (Lipinski definition) is 3. The number of carboxylic acid groups (broad SMARTS) is 1. The highest BCUT2D eigenvalue weighted by atomic mass is 19.1. The van der Waals surface area contributed by atoms with Crippen LogP contribution in [0.25, 0.3) is 0 Å². The summed E-state index contributed by atoms with van der Waals surface area (Å²) in [7, 11) is 0. The lowest BCUT2D eigenvalue weighted by Crippen LogP contribution is -2.53. The minimum Gasteiger partial charge on any atom is -0.481 e. The Labute approximate surface area is 106 Å². The van der Waals surface area contributed by atoms with E-state index in [1.165, 1.54) is 12.1 Å². The Morgan fingerprint density at radius 1 is 1.53 bits per heavy atom. The second kappa shape index (κ2) is 4.43. The molecule has 2 unspecified atom stereocenters. The van der Waals surface area contributed by atoms with Gasteiger partial charge in [-0.05, 0) is 11.6 Å². The van der Waals surface area contributed by atoms with Gasteiger partial charge >= 0.3 is 5.97 Å². The quantitative estimate of drug-likeness (QED) is 0.667. The highest BCUT2D eigenvalue weighted by Gasteiger charge is 2.55. The van der Waals surface area contributed by atoms with Gasteiger partial charge in [0, 0.05) is 0 Å². The maximum Gasteiger partial charge on any atom is 0.306 e. The Hall–Kier alpha value is -2.28. The van der Waals surface area contributed by atoms with Gasteiger partial charge in [0.25, 0.3) is 0 Å². The van der Waals surface area contributed by atoms with Crippen molar-refractivity contribution in [3.8, 4) is 0 Å². The number of nitrogens with one attached hydrogen (secondary N) is 1. The van der Waals surface area contributed by atoms with E-state index < -0.39 is 35.6 Å². The second-order valence-corrected chi connectivity index (χ2v) is 4.24. The van der Waals surface area contributed by atoms with Gasteiger partial charge in [0.2, 0.25) is 6.41 Å². The van der Waals surface area contributed by atoms with E-state index in [0.29, 0.717) is 0 Å². The molecule has 0 radical (unpaired) electrons. The van der Waals surface area contributed by atoms with E-state index in [1.54, 1.807) is 0 Å². The van der Waals surface area contributed by atoms with Crippen LogP contribution in [0.3, 0.4) is 0 Å². The predicted molar refractivity (Wildman–Crippen MR) is 59.9 cm³/mol. The highest BCUT2D eigenvalue weighted by Crippen LogP contribution is 2.42. The van der Waals surface area contributed by atoms with Crippen LogP contribution in [-0.2, 0) is 9.59 Å². The number of rotatable bonds is 4. The van der Waals surface area contributed by atoms with E-state index in [2.05, 4.69) is 0 Å². The number of aliphatic hydroxyl groups excluding tert-OH is 1. The summed E-state index contributed by atoms with van der Waals surface area (Å²) in [6.07, 6.45) is -2.32. The van der Waals surface area contributed by atoms with E-state index in [9.17, 15) is 23.9 Å². The molecule has 1 aliphatic rings. The predicted octanol–water partition coefficient (Wildman–Crippen LogP) is 0.0149. The molecule has 0 heterocycles. The number of ketones is 1. The van der Waals surface area contributed by atoms with Crippen LogP contribution in [-0.4, -0.2) is 33.9 Å². The lowest BCUT2D eigenvalue weighted by atomic mass is 9.88. The fourth-order valence-electron chi connectivity index (χ4n) is 2.34. The Balaban J connectivity index is 2.60. The first-order chi connectivity index (χ1) is 8.94. The minimum atomic E-state index is -2.06. The normalized spacial score (nSPS) is 24.9. The Kier molecular flexibility index (Phi) is 3.07. The van der Waals surface area contributed by atoms with Crippen LogP contribution < -0.4 is 5.32 Å². The first kappa shape index (κ1) is 13.2. The molecule has 0 aromatic heterocycles. The number of carboxylic acids is 1. The Morgan fingerprint density at radius 3 is 2.74 bits per heavy atom. The summed E-state index contributed by atoms with van der Waals surface area (Å²) in [4.78, 5) is 33.7. The van der Waals surface area contributed by atoms with Gasteiger partial charge in [-0.2, -0.15) is 0 Å². The van der Waals surface area contributed by atoms with Crippen molar-refractivity contribution in [3.05, 3.63) is 35.1 Å². The number of fused-ring (bicyclic) bond motifs is 1. The summed E-state index contributed by atoms with van der Waals surface area (Å²) in [6.45, 7) is 0. The molecule has 0 bridgehead atoms. The van der Waals surface area contributed by atoms with Crippen LogP contribution in [0.2, 0.25) is 0 Å². The van der Waals surface area contributed by atoms with Crippen molar-refractivity contribution < 1.29 is 29.0 Å². The summed E-state index contributed by atoms with van der Waals surface area (Å²) in [6, 6.07) is 3.64. The molecule has 100 valence electrons. The fourth-order valence-corrected chi connectivity index (χ4v) is 2.34. The fraction of sp³-hybridized carbons (Fsp3) is 0.250. The lowest BCUT2D eigenvalue weighted by Gasteiger charge is -2.28. The topological polar surface area (TPSA) is 104 Å². The van der Waals surface area contributed by atoms with Crippen LogP contribution in [0.4, 0.5) is 4.39 Å². The minimum absolute atomic E-state index is 0.0272. The molecular formula is C12H10FNO5. The van der Waals surface area contributed by atoms with Crippen molar-refractivity contribution in [3.63, 3.8) is 0 Å². The number of benzene rings is 1. The molecule has 1 aromatic rings. The molecule has 0 aliphatic heterocycles. The van der Waals surface area contributed by atoms with E-state index in [4.69, 9.17) is 5.11 Å². The zero-order valence-corrected chi connectivity index (χ0v) is 9.59. The van der Waals surface area contributed by atoms with Crippen LogP contribution in [0.1, 0.15) is 28.4 Å². The van der Waals surface area contributed by atoms with Gasteiger partial charge in [-0.15, -0.1) is 0 Å². The standard InChI is InChI=1S/C12H10FNO5/c13-7-3-1-2-6-9(7)11(19)12(10(6)18,14-5-15)4-8(16)17/h1-3,5,10,18H,4H2,(H,14,15)(H,16,17). The zero-order chi connectivity index (χ0) is 14.2. The second-order valence-electron chi connectivity index (χ2n) is 4.24. The summed E-state index contributed by atoms with van der Waals surface area (Å²) < 4.78 is 13.6. The summed E-state index contributed by atoms with van der Waals surface area (Å²) in [5.41, 5.74) is -2.47. The van der Waals surface area contributed by atoms with Crippen LogP contribution in [0.5, 0.6) is 0 Å². The van der Waals surface area contributed by atoms with Crippen molar-refractivity contribution in [2.45, 2.75) is 18.1 Å². The molecule has 0 saturated carbocycles. The van der Waals surface area contributed by atoms with E-state index >= 15 is 0 Å². The molecular weight excluding hydrogens is 257 g/mol. The number of carbonyl (C=O) groups excluding carboxylic acids is 2. The van der Waals surface area contributed by atoms with Gasteiger partial charge in [0.1, 0.15) is 17.5 Å². The molecule has 7 heteroatoms. The first-order valence-corrected chi connectivity index (χ1v) is 5.38. The van der Waals surface area contributed by atoms with Gasteiger partial charge in [0.05, 0.1) is 12.0 Å². The third-order valence-electron chi connectivity index (χ3n) is 3.19. The average Bonchev–Trinajstić information content (AvgIpc) is 2.53. The lowest BCUT2D eigenvalue weighted by molar-refractivity contribution is -0.139. The summed E-state index contributed by atoms with van der Waals surface area (Å²) in [5.74, 6) is -3.20. The zero-order valence-electron chi connectivity index (χ0n) is 9.59. The number of aliphatic carboxylic acids is 1. The van der Waals surface area contributed by atoms with Crippen molar-refractivity contribution in [1.29, 1.82) is 0 Å². The van der Waals surface area contributed by atoms with Crippen molar-refractivity contribution in [2.24, 2.45) is 0 Å². The number of hydrogen-bond acceptors (Lipinski definition) is 4. The largest absolute Gasteiger partial charge is 0.481 e.